The number of aliphatic hydroxyl groups is 1. The first-order chi connectivity index (χ1) is 7.26. The fraction of sp³-hybridized carbons (Fsp3) is 0.538. The van der Waals surface area contributed by atoms with E-state index in [4.69, 9.17) is 0 Å². The molecule has 1 heterocycles. The maximum absolute atomic E-state index is 9.91. The zero-order valence-electron chi connectivity index (χ0n) is 8.89. The van der Waals surface area contributed by atoms with Crippen molar-refractivity contribution in [3.05, 3.63) is 35.9 Å². The summed E-state index contributed by atoms with van der Waals surface area (Å²) in [6.45, 7) is 3.15. The largest absolute Gasteiger partial charge is 0.389 e. The molecular weight excluding hydrogens is 186 g/mol. The third-order valence-electron chi connectivity index (χ3n) is 3.79. The fourth-order valence-electron chi connectivity index (χ4n) is 2.65. The maximum Gasteiger partial charge on any atom is 0.0705 e. The summed E-state index contributed by atoms with van der Waals surface area (Å²) in [6, 6.07) is 10.6. The second-order valence-corrected chi connectivity index (χ2v) is 4.98. The van der Waals surface area contributed by atoms with E-state index in [0.29, 0.717) is 5.92 Å². The highest BCUT2D eigenvalue weighted by molar-refractivity contribution is 5.15. The van der Waals surface area contributed by atoms with Gasteiger partial charge in [-0.2, -0.15) is 0 Å². The van der Waals surface area contributed by atoms with E-state index in [2.05, 4.69) is 35.2 Å². The summed E-state index contributed by atoms with van der Waals surface area (Å²) in [5.74, 6) is 0.551. The van der Waals surface area contributed by atoms with Crippen LogP contribution >= 0.6 is 0 Å². The Morgan fingerprint density at radius 3 is 2.87 bits per heavy atom. The molecule has 0 bridgehead atoms. The highest BCUT2D eigenvalue weighted by Crippen LogP contribution is 2.49. The maximum atomic E-state index is 9.91. The molecule has 80 valence electrons. The number of piperidine rings is 1. The highest BCUT2D eigenvalue weighted by atomic mass is 16.3. The lowest BCUT2D eigenvalue weighted by Crippen LogP contribution is -2.36. The Hall–Kier alpha value is -0.860. The van der Waals surface area contributed by atoms with Crippen LogP contribution in [0.1, 0.15) is 18.4 Å². The molecule has 0 amide bonds. The standard InChI is InChI=1S/C13H17NO/c15-13-6-7-14(10-12(13)8-13)9-11-4-2-1-3-5-11/h1-5,12,15H,6-10H2/t12-,13+/m0/s1. The Morgan fingerprint density at radius 2 is 2.13 bits per heavy atom. The summed E-state index contributed by atoms with van der Waals surface area (Å²) in [4.78, 5) is 2.46. The molecule has 1 saturated heterocycles. The van der Waals surface area contributed by atoms with Crippen LogP contribution in [0.25, 0.3) is 0 Å². The normalized spacial score (nSPS) is 34.9. The second-order valence-electron chi connectivity index (χ2n) is 4.98. The van der Waals surface area contributed by atoms with Crippen molar-refractivity contribution in [3.8, 4) is 0 Å². The minimum Gasteiger partial charge on any atom is -0.389 e. The number of likely N-dealkylation sites (tertiary alicyclic amines) is 1. The van der Waals surface area contributed by atoms with Gasteiger partial charge in [-0.1, -0.05) is 30.3 Å². The van der Waals surface area contributed by atoms with Gasteiger partial charge in [-0.25, -0.2) is 0 Å². The summed E-state index contributed by atoms with van der Waals surface area (Å²) in [5, 5.41) is 9.91. The average Bonchev–Trinajstić information content (AvgIpc) is 2.91. The second kappa shape index (κ2) is 3.32. The van der Waals surface area contributed by atoms with Crippen molar-refractivity contribution in [3.63, 3.8) is 0 Å². The molecule has 1 aromatic carbocycles. The Balaban J connectivity index is 1.61. The number of hydrogen-bond donors (Lipinski definition) is 1. The first kappa shape index (κ1) is 9.37. The Morgan fingerprint density at radius 1 is 1.33 bits per heavy atom. The molecule has 2 atom stereocenters. The predicted molar refractivity (Wildman–Crippen MR) is 59.4 cm³/mol. The zero-order chi connectivity index (χ0) is 10.3. The highest BCUT2D eigenvalue weighted by Gasteiger charge is 2.55. The van der Waals surface area contributed by atoms with Gasteiger partial charge in [0.15, 0.2) is 0 Å². The van der Waals surface area contributed by atoms with Gasteiger partial charge >= 0.3 is 0 Å². The predicted octanol–water partition coefficient (Wildman–Crippen LogP) is 1.64. The van der Waals surface area contributed by atoms with Crippen LogP contribution in [0.2, 0.25) is 0 Å². The molecule has 0 aromatic heterocycles. The number of fused-ring (bicyclic) bond motifs is 1. The van der Waals surface area contributed by atoms with Crippen LogP contribution in [-0.4, -0.2) is 28.7 Å². The van der Waals surface area contributed by atoms with Crippen molar-refractivity contribution in [1.82, 2.24) is 4.90 Å². The molecule has 1 aromatic rings. The number of hydrogen-bond acceptors (Lipinski definition) is 2. The van der Waals surface area contributed by atoms with E-state index in [1.807, 2.05) is 0 Å². The molecule has 3 rings (SSSR count). The summed E-state index contributed by atoms with van der Waals surface area (Å²) >= 11 is 0. The summed E-state index contributed by atoms with van der Waals surface area (Å²) in [7, 11) is 0. The van der Waals surface area contributed by atoms with E-state index in [1.54, 1.807) is 0 Å². The summed E-state index contributed by atoms with van der Waals surface area (Å²) in [6.07, 6.45) is 1.99. The monoisotopic (exact) mass is 203 g/mol. The smallest absolute Gasteiger partial charge is 0.0705 e. The lowest BCUT2D eigenvalue weighted by molar-refractivity contribution is 0.0618. The van der Waals surface area contributed by atoms with Crippen molar-refractivity contribution in [2.45, 2.75) is 25.0 Å². The van der Waals surface area contributed by atoms with Crippen LogP contribution in [0.5, 0.6) is 0 Å². The number of benzene rings is 1. The van der Waals surface area contributed by atoms with Crippen LogP contribution in [0.3, 0.4) is 0 Å². The van der Waals surface area contributed by atoms with E-state index in [1.165, 1.54) is 5.56 Å². The third-order valence-corrected chi connectivity index (χ3v) is 3.79. The van der Waals surface area contributed by atoms with Gasteiger partial charge in [0.1, 0.15) is 0 Å². The molecule has 2 nitrogen and oxygen atoms in total. The van der Waals surface area contributed by atoms with Crippen LogP contribution in [0.15, 0.2) is 30.3 Å². The fourth-order valence-corrected chi connectivity index (χ4v) is 2.65. The van der Waals surface area contributed by atoms with Gasteiger partial charge in [-0.05, 0) is 18.4 Å². The summed E-state index contributed by atoms with van der Waals surface area (Å²) < 4.78 is 0. The Bertz CT molecular complexity index is 351. The number of rotatable bonds is 2. The topological polar surface area (TPSA) is 23.5 Å². The van der Waals surface area contributed by atoms with E-state index in [0.717, 1.165) is 32.5 Å². The van der Waals surface area contributed by atoms with Gasteiger partial charge in [0.2, 0.25) is 0 Å². The SMILES string of the molecule is O[C@@]12CCN(Cc3ccccc3)C[C@@H]1C2. The Kier molecular flexibility index (Phi) is 2.08. The molecule has 0 radical (unpaired) electrons. The number of nitrogens with zero attached hydrogens (tertiary/aromatic N) is 1. The molecule has 0 spiro atoms. The molecule has 1 saturated carbocycles. The summed E-state index contributed by atoms with van der Waals surface area (Å²) in [5.41, 5.74) is 1.11. The lowest BCUT2D eigenvalue weighted by Gasteiger charge is -2.29. The molecular formula is C13H17NO. The Labute approximate surface area is 90.5 Å². The van der Waals surface area contributed by atoms with E-state index in [-0.39, 0.29) is 5.60 Å². The molecule has 1 aliphatic heterocycles. The van der Waals surface area contributed by atoms with Gasteiger partial charge in [-0.15, -0.1) is 0 Å². The van der Waals surface area contributed by atoms with Crippen LogP contribution in [0.4, 0.5) is 0 Å². The zero-order valence-corrected chi connectivity index (χ0v) is 8.89. The van der Waals surface area contributed by atoms with Crippen molar-refractivity contribution in [2.24, 2.45) is 5.92 Å². The molecule has 15 heavy (non-hydrogen) atoms. The van der Waals surface area contributed by atoms with Crippen LogP contribution < -0.4 is 0 Å². The van der Waals surface area contributed by atoms with E-state index in [9.17, 15) is 5.11 Å². The molecule has 2 fully saturated rings. The van der Waals surface area contributed by atoms with Crippen molar-refractivity contribution in [1.29, 1.82) is 0 Å². The van der Waals surface area contributed by atoms with Gasteiger partial charge in [0, 0.05) is 25.6 Å². The van der Waals surface area contributed by atoms with E-state index >= 15 is 0 Å². The molecule has 0 unspecified atom stereocenters. The quantitative estimate of drug-likeness (QED) is 0.790. The molecule has 1 N–H and O–H groups in total. The average molecular weight is 203 g/mol. The van der Waals surface area contributed by atoms with Gasteiger partial charge in [-0.3, -0.25) is 4.90 Å². The van der Waals surface area contributed by atoms with E-state index < -0.39 is 0 Å². The molecule has 2 aliphatic rings. The first-order valence-electron chi connectivity index (χ1n) is 5.75. The molecule has 1 aliphatic carbocycles. The molecule has 2 heteroatoms. The third kappa shape index (κ3) is 1.80. The van der Waals surface area contributed by atoms with Gasteiger partial charge in [0.25, 0.3) is 0 Å². The van der Waals surface area contributed by atoms with Gasteiger partial charge < -0.3 is 5.11 Å². The van der Waals surface area contributed by atoms with Crippen molar-refractivity contribution in [2.75, 3.05) is 13.1 Å². The van der Waals surface area contributed by atoms with Crippen molar-refractivity contribution >= 4 is 0 Å². The van der Waals surface area contributed by atoms with Gasteiger partial charge in [0.05, 0.1) is 5.60 Å². The van der Waals surface area contributed by atoms with Crippen molar-refractivity contribution < 1.29 is 5.11 Å². The minimum absolute atomic E-state index is 0.271. The van der Waals surface area contributed by atoms with Crippen LogP contribution in [0, 0.1) is 5.92 Å². The van der Waals surface area contributed by atoms with Crippen LogP contribution in [-0.2, 0) is 6.54 Å². The minimum atomic E-state index is -0.271. The lowest BCUT2D eigenvalue weighted by atomic mass is 10.1. The first-order valence-corrected chi connectivity index (χ1v) is 5.75.